The van der Waals surface area contributed by atoms with Gasteiger partial charge in [-0.05, 0) is 29.8 Å². The van der Waals surface area contributed by atoms with Crippen LogP contribution in [0.4, 0.5) is 5.69 Å². The van der Waals surface area contributed by atoms with E-state index in [0.29, 0.717) is 11.3 Å². The Morgan fingerprint density at radius 3 is 2.47 bits per heavy atom. The lowest BCUT2D eigenvalue weighted by Gasteiger charge is -2.27. The zero-order valence-electron chi connectivity index (χ0n) is 17.7. The fourth-order valence-electron chi connectivity index (χ4n) is 3.59. The van der Waals surface area contributed by atoms with Crippen LogP contribution in [0.3, 0.4) is 0 Å². The largest absolute Gasteiger partial charge is 0.493 e. The molecule has 0 aliphatic carbocycles. The zero-order valence-corrected chi connectivity index (χ0v) is 18.6. The molecule has 0 bridgehead atoms. The molecule has 0 saturated carbocycles. The molecule has 0 fully saturated rings. The fraction of sp³-hybridized carbons (Fsp3) is 0.286. The Kier molecular flexibility index (Phi) is 6.51. The number of fused-ring (bicyclic) bond motifs is 1. The van der Waals surface area contributed by atoms with Crippen LogP contribution in [-0.4, -0.2) is 56.9 Å². The number of carbonyl (C=O) groups excluding carboxylic acids is 3. The summed E-state index contributed by atoms with van der Waals surface area (Å²) < 4.78 is 35.0. The number of carbonyl (C=O) groups is 3. The lowest BCUT2D eigenvalue weighted by Crippen LogP contribution is -2.37. The second kappa shape index (κ2) is 8.97. The van der Waals surface area contributed by atoms with E-state index in [4.69, 9.17) is 15.2 Å². The molecule has 0 aromatic heterocycles. The van der Waals surface area contributed by atoms with Gasteiger partial charge in [-0.1, -0.05) is 12.1 Å². The molecular weight excluding hydrogens is 438 g/mol. The maximum atomic E-state index is 13.3. The third-order valence-corrected chi connectivity index (χ3v) is 5.76. The first kappa shape index (κ1) is 23.2. The Labute approximate surface area is 185 Å². The van der Waals surface area contributed by atoms with Gasteiger partial charge in [-0.3, -0.25) is 25.0 Å². The number of nitrogens with one attached hydrogen (secondary N) is 1. The highest BCUT2D eigenvalue weighted by molar-refractivity contribution is 7.90. The lowest BCUT2D eigenvalue weighted by molar-refractivity contribution is -0.114. The summed E-state index contributed by atoms with van der Waals surface area (Å²) in [6.45, 7) is 1.12. The van der Waals surface area contributed by atoms with E-state index in [-0.39, 0.29) is 29.3 Å². The first-order valence-corrected chi connectivity index (χ1v) is 11.6. The molecule has 10 nitrogen and oxygen atoms in total. The van der Waals surface area contributed by atoms with Crippen LogP contribution in [0.2, 0.25) is 0 Å². The number of imide groups is 1. The summed E-state index contributed by atoms with van der Waals surface area (Å²) in [5, 5.41) is 2.54. The van der Waals surface area contributed by atoms with Gasteiger partial charge in [0.1, 0.15) is 16.6 Å². The van der Waals surface area contributed by atoms with Crippen molar-refractivity contribution in [2.45, 2.75) is 13.0 Å². The van der Waals surface area contributed by atoms with Crippen LogP contribution in [-0.2, 0) is 14.6 Å². The molecule has 3 amide bonds. The predicted octanol–water partition coefficient (Wildman–Crippen LogP) is 1.33. The van der Waals surface area contributed by atoms with Gasteiger partial charge in [0.2, 0.25) is 5.91 Å². The van der Waals surface area contributed by atoms with E-state index in [9.17, 15) is 22.8 Å². The third kappa shape index (κ3) is 4.58. The summed E-state index contributed by atoms with van der Waals surface area (Å²) in [7, 11) is -2.20. The van der Waals surface area contributed by atoms with Crippen molar-refractivity contribution in [1.82, 2.24) is 4.90 Å². The normalized spacial score (nSPS) is 14.2. The smallest absolute Gasteiger partial charge is 0.264 e. The summed E-state index contributed by atoms with van der Waals surface area (Å²) >= 11 is 0. The number of methoxy groups -OCH3 is 1. The van der Waals surface area contributed by atoms with E-state index < -0.39 is 39.4 Å². The van der Waals surface area contributed by atoms with Crippen LogP contribution in [0.15, 0.2) is 36.4 Å². The number of hydrogen-bond acceptors (Lipinski definition) is 8. The van der Waals surface area contributed by atoms with Gasteiger partial charge in [-0.25, -0.2) is 8.42 Å². The number of rotatable bonds is 8. The van der Waals surface area contributed by atoms with Crippen molar-refractivity contribution < 1.29 is 32.3 Å². The highest BCUT2D eigenvalue weighted by atomic mass is 32.2. The maximum absolute atomic E-state index is 13.3. The van der Waals surface area contributed by atoms with E-state index in [2.05, 4.69) is 5.32 Å². The molecular formula is C21H23N3O7S. The Balaban J connectivity index is 2.13. The topological polar surface area (TPSA) is 145 Å². The second-order valence-corrected chi connectivity index (χ2v) is 9.40. The predicted molar refractivity (Wildman–Crippen MR) is 116 cm³/mol. The van der Waals surface area contributed by atoms with Gasteiger partial charge in [0, 0.05) is 13.2 Å². The first-order valence-electron chi connectivity index (χ1n) is 9.54. The molecule has 2 aromatic rings. The van der Waals surface area contributed by atoms with Crippen LogP contribution in [0.5, 0.6) is 11.5 Å². The molecule has 1 atom stereocenters. The number of benzene rings is 2. The average molecular weight is 461 g/mol. The van der Waals surface area contributed by atoms with Crippen molar-refractivity contribution in [2.24, 2.45) is 5.73 Å². The Morgan fingerprint density at radius 2 is 1.88 bits per heavy atom. The van der Waals surface area contributed by atoms with Gasteiger partial charge in [0.25, 0.3) is 11.8 Å². The van der Waals surface area contributed by atoms with E-state index in [1.165, 1.54) is 44.4 Å². The molecule has 170 valence electrons. The van der Waals surface area contributed by atoms with Crippen LogP contribution in [0.1, 0.15) is 39.2 Å². The maximum Gasteiger partial charge on any atom is 0.264 e. The van der Waals surface area contributed by atoms with E-state index in [0.717, 1.165) is 11.2 Å². The number of ether oxygens (including phenoxy) is 2. The Hall–Kier alpha value is -3.44. The lowest BCUT2D eigenvalue weighted by atomic mass is 10.1. The molecule has 3 rings (SSSR count). The van der Waals surface area contributed by atoms with E-state index in [1.807, 2.05) is 0 Å². The van der Waals surface area contributed by atoms with Gasteiger partial charge in [0.15, 0.2) is 11.5 Å². The SMILES string of the molecule is COc1ccc(C(CS(C)(=O)=O)N2C(=O)c3cccc(NC(C)=O)c3C2=O)cc1OCN. The molecule has 1 aliphatic heterocycles. The van der Waals surface area contributed by atoms with Gasteiger partial charge in [-0.15, -0.1) is 0 Å². The highest BCUT2D eigenvalue weighted by Crippen LogP contribution is 2.38. The van der Waals surface area contributed by atoms with Crippen LogP contribution in [0.25, 0.3) is 0 Å². The van der Waals surface area contributed by atoms with Gasteiger partial charge >= 0.3 is 0 Å². The summed E-state index contributed by atoms with van der Waals surface area (Å²) in [5.41, 5.74) is 6.07. The standard InChI is InChI=1S/C21H23N3O7S/c1-12(25)23-15-6-4-5-14-19(15)21(27)24(20(14)26)16(10-32(3,28)29)13-7-8-17(30-2)18(9-13)31-11-22/h4-9,16H,10-11,22H2,1-3H3,(H,23,25). The summed E-state index contributed by atoms with van der Waals surface area (Å²) in [6.07, 6.45) is 1.02. The number of nitrogens with zero attached hydrogens (tertiary/aromatic N) is 1. The average Bonchev–Trinajstić information content (AvgIpc) is 2.96. The molecule has 1 heterocycles. The van der Waals surface area contributed by atoms with Crippen molar-refractivity contribution in [1.29, 1.82) is 0 Å². The number of amides is 3. The van der Waals surface area contributed by atoms with Crippen molar-refractivity contribution in [3.8, 4) is 11.5 Å². The molecule has 1 aliphatic rings. The summed E-state index contributed by atoms with van der Waals surface area (Å²) in [4.78, 5) is 39.0. The van der Waals surface area contributed by atoms with E-state index in [1.54, 1.807) is 6.07 Å². The molecule has 0 saturated heterocycles. The number of hydrogen-bond donors (Lipinski definition) is 2. The van der Waals surface area contributed by atoms with Gasteiger partial charge in [-0.2, -0.15) is 0 Å². The van der Waals surface area contributed by atoms with E-state index >= 15 is 0 Å². The molecule has 32 heavy (non-hydrogen) atoms. The Morgan fingerprint density at radius 1 is 1.16 bits per heavy atom. The first-order chi connectivity index (χ1) is 15.1. The minimum atomic E-state index is -3.63. The molecule has 1 unspecified atom stereocenters. The summed E-state index contributed by atoms with van der Waals surface area (Å²) in [5.74, 6) is -1.71. The third-order valence-electron chi connectivity index (χ3n) is 4.84. The molecule has 11 heteroatoms. The monoisotopic (exact) mass is 461 g/mol. The van der Waals surface area contributed by atoms with Crippen LogP contribution < -0.4 is 20.5 Å². The van der Waals surface area contributed by atoms with Crippen LogP contribution in [0, 0.1) is 0 Å². The van der Waals surface area contributed by atoms with Crippen molar-refractivity contribution in [2.75, 3.05) is 31.2 Å². The summed E-state index contributed by atoms with van der Waals surface area (Å²) in [6, 6.07) is 7.92. The van der Waals surface area contributed by atoms with Gasteiger partial charge in [0.05, 0.1) is 35.7 Å². The second-order valence-electron chi connectivity index (χ2n) is 7.22. The number of sulfone groups is 1. The number of nitrogens with two attached hydrogens (primary N) is 1. The van der Waals surface area contributed by atoms with Crippen LogP contribution >= 0.6 is 0 Å². The van der Waals surface area contributed by atoms with Crippen molar-refractivity contribution in [3.63, 3.8) is 0 Å². The molecule has 0 radical (unpaired) electrons. The molecule has 3 N–H and O–H groups in total. The quantitative estimate of drug-likeness (QED) is 0.442. The number of anilines is 1. The minimum absolute atomic E-state index is 0.0122. The molecule has 0 spiro atoms. The fourth-order valence-corrected chi connectivity index (χ4v) is 4.51. The zero-order chi connectivity index (χ0) is 23.6. The minimum Gasteiger partial charge on any atom is -0.493 e. The van der Waals surface area contributed by atoms with Crippen molar-refractivity contribution >= 4 is 33.2 Å². The molecule has 2 aromatic carbocycles. The Bertz CT molecular complexity index is 1190. The highest BCUT2D eigenvalue weighted by Gasteiger charge is 2.43. The van der Waals surface area contributed by atoms with Crippen molar-refractivity contribution in [3.05, 3.63) is 53.1 Å². The van der Waals surface area contributed by atoms with Gasteiger partial charge < -0.3 is 14.8 Å².